The van der Waals surface area contributed by atoms with E-state index in [2.05, 4.69) is 30.3 Å². The topological polar surface area (TPSA) is 133 Å². The molecule has 11 heteroatoms. The Morgan fingerprint density at radius 3 is 2.68 bits per heavy atom. The van der Waals surface area contributed by atoms with Crippen LogP contribution >= 0.6 is 22.9 Å². The molecule has 0 bridgehead atoms. The predicted molar refractivity (Wildman–Crippen MR) is 148 cm³/mol. The minimum Gasteiger partial charge on any atom is -0.349 e. The maximum absolute atomic E-state index is 13.1. The molecule has 0 saturated carbocycles. The number of aromatic nitrogens is 3. The molecule has 0 aliphatic rings. The third-order valence-electron chi connectivity index (χ3n) is 6.01. The monoisotopic (exact) mass is 543 g/mol. The van der Waals surface area contributed by atoms with Gasteiger partial charge in [-0.3, -0.25) is 19.1 Å². The molecule has 0 aliphatic heterocycles. The Morgan fingerprint density at radius 2 is 1.84 bits per heavy atom. The van der Waals surface area contributed by atoms with Gasteiger partial charge in [0.1, 0.15) is 5.69 Å². The summed E-state index contributed by atoms with van der Waals surface area (Å²) in [5.41, 5.74) is 3.20. The molecule has 9 nitrogen and oxygen atoms in total. The molecule has 6 aromatic rings. The standard InChI is InChI=1S/C27H18ClN5O4S/c28-16-8-9-19(18(12-16)25-32-27(36)37-33-25)31-26(35)21-10-14-4-3-6-20(24(14)30-21)29-23(34)11-15-13-38-22-7-2-1-5-17(15)22/h1-10,12-13,30H,11H2,(H,29,34)(H,31,35)(H,32,33,36). The van der Waals surface area contributed by atoms with Gasteiger partial charge in [-0.25, -0.2) is 4.79 Å². The number of benzene rings is 3. The van der Waals surface area contributed by atoms with Crippen LogP contribution in [0, 0.1) is 0 Å². The second-order valence-corrected chi connectivity index (χ2v) is 9.87. The van der Waals surface area contributed by atoms with E-state index in [4.69, 9.17) is 11.6 Å². The van der Waals surface area contributed by atoms with Gasteiger partial charge in [0, 0.05) is 20.7 Å². The number of nitrogens with zero attached hydrogens (tertiary/aromatic N) is 1. The van der Waals surface area contributed by atoms with Gasteiger partial charge in [0.15, 0.2) is 5.82 Å². The van der Waals surface area contributed by atoms with E-state index >= 15 is 0 Å². The molecule has 0 spiro atoms. The molecule has 3 heterocycles. The van der Waals surface area contributed by atoms with Crippen LogP contribution < -0.4 is 16.4 Å². The SMILES string of the molecule is O=C(Cc1csc2ccccc12)Nc1cccc2cc(C(=O)Nc3ccc(Cl)cc3-c3noc(=O)[nH]3)[nH]c12. The number of thiophene rings is 1. The first-order chi connectivity index (χ1) is 18.4. The highest BCUT2D eigenvalue weighted by atomic mass is 35.5. The van der Waals surface area contributed by atoms with E-state index < -0.39 is 11.7 Å². The second-order valence-electron chi connectivity index (χ2n) is 8.52. The van der Waals surface area contributed by atoms with Gasteiger partial charge in [-0.15, -0.1) is 11.3 Å². The fourth-order valence-corrected chi connectivity index (χ4v) is 5.41. The summed E-state index contributed by atoms with van der Waals surface area (Å²) < 4.78 is 5.72. The summed E-state index contributed by atoms with van der Waals surface area (Å²) in [6.45, 7) is 0. The normalized spacial score (nSPS) is 11.2. The average molecular weight is 544 g/mol. The average Bonchev–Trinajstić information content (AvgIpc) is 3.64. The van der Waals surface area contributed by atoms with Crippen molar-refractivity contribution in [3.63, 3.8) is 0 Å². The molecule has 38 heavy (non-hydrogen) atoms. The van der Waals surface area contributed by atoms with Crippen LogP contribution in [0.5, 0.6) is 0 Å². The summed E-state index contributed by atoms with van der Waals surface area (Å²) in [4.78, 5) is 43.0. The van der Waals surface area contributed by atoms with E-state index in [9.17, 15) is 14.4 Å². The summed E-state index contributed by atoms with van der Waals surface area (Å²) in [7, 11) is 0. The zero-order valence-electron chi connectivity index (χ0n) is 19.5. The molecule has 6 rings (SSSR count). The largest absolute Gasteiger partial charge is 0.439 e. The Balaban J connectivity index is 1.24. The van der Waals surface area contributed by atoms with Gasteiger partial charge in [0.05, 0.1) is 23.3 Å². The summed E-state index contributed by atoms with van der Waals surface area (Å²) in [6.07, 6.45) is 0.234. The molecule has 3 aromatic heterocycles. The molecule has 3 aromatic carbocycles. The lowest BCUT2D eigenvalue weighted by molar-refractivity contribution is -0.115. The van der Waals surface area contributed by atoms with Crippen molar-refractivity contribution in [3.05, 3.63) is 98.9 Å². The number of hydrogen-bond donors (Lipinski definition) is 4. The van der Waals surface area contributed by atoms with Gasteiger partial charge in [-0.05, 0) is 52.7 Å². The smallest absolute Gasteiger partial charge is 0.349 e. The molecule has 0 atom stereocenters. The minimum atomic E-state index is -0.727. The van der Waals surface area contributed by atoms with Gasteiger partial charge in [-0.1, -0.05) is 47.1 Å². The number of H-pyrrole nitrogens is 2. The number of nitrogens with one attached hydrogen (secondary N) is 4. The Morgan fingerprint density at radius 1 is 0.974 bits per heavy atom. The third kappa shape index (κ3) is 4.58. The van der Waals surface area contributed by atoms with E-state index in [0.717, 1.165) is 21.0 Å². The van der Waals surface area contributed by atoms with Crippen LogP contribution in [-0.4, -0.2) is 26.9 Å². The first-order valence-corrected chi connectivity index (χ1v) is 12.7. The van der Waals surface area contributed by atoms with Gasteiger partial charge < -0.3 is 15.6 Å². The third-order valence-corrected chi connectivity index (χ3v) is 7.26. The molecule has 4 N–H and O–H groups in total. The molecule has 0 fully saturated rings. The lowest BCUT2D eigenvalue weighted by Gasteiger charge is -2.09. The number of rotatable bonds is 6. The first kappa shape index (κ1) is 23.7. The van der Waals surface area contributed by atoms with Crippen molar-refractivity contribution in [1.29, 1.82) is 0 Å². The zero-order chi connectivity index (χ0) is 26.2. The molecule has 0 aliphatic carbocycles. The van der Waals surface area contributed by atoms with Crippen LogP contribution in [-0.2, 0) is 11.2 Å². The van der Waals surface area contributed by atoms with Gasteiger partial charge in [-0.2, -0.15) is 0 Å². The van der Waals surface area contributed by atoms with Crippen molar-refractivity contribution in [2.75, 3.05) is 10.6 Å². The van der Waals surface area contributed by atoms with Crippen molar-refractivity contribution < 1.29 is 14.1 Å². The molecular formula is C27H18ClN5O4S. The zero-order valence-corrected chi connectivity index (χ0v) is 21.1. The molecule has 0 radical (unpaired) electrons. The number of carbonyl (C=O) groups is 2. The summed E-state index contributed by atoms with van der Waals surface area (Å²) in [6, 6.07) is 19.9. The van der Waals surface area contributed by atoms with Crippen molar-refractivity contribution >= 4 is 67.1 Å². The predicted octanol–water partition coefficient (Wildman–Crippen LogP) is 5.81. The number of fused-ring (bicyclic) bond motifs is 2. The highest BCUT2D eigenvalue weighted by molar-refractivity contribution is 7.17. The lowest BCUT2D eigenvalue weighted by Crippen LogP contribution is -2.15. The maximum atomic E-state index is 13.1. The van der Waals surface area contributed by atoms with Crippen molar-refractivity contribution in [2.45, 2.75) is 6.42 Å². The van der Waals surface area contributed by atoms with E-state index in [1.165, 1.54) is 0 Å². The summed E-state index contributed by atoms with van der Waals surface area (Å²) >= 11 is 7.72. The van der Waals surface area contributed by atoms with Crippen LogP contribution in [0.3, 0.4) is 0 Å². The highest BCUT2D eigenvalue weighted by Crippen LogP contribution is 2.30. The first-order valence-electron chi connectivity index (χ1n) is 11.5. The van der Waals surface area contributed by atoms with Gasteiger partial charge >= 0.3 is 5.76 Å². The van der Waals surface area contributed by atoms with Crippen LogP contribution in [0.1, 0.15) is 16.1 Å². The number of anilines is 2. The van der Waals surface area contributed by atoms with Crippen LogP contribution in [0.25, 0.3) is 32.4 Å². The Kier molecular flexibility index (Phi) is 6.02. The highest BCUT2D eigenvalue weighted by Gasteiger charge is 2.17. The Labute approximate surface area is 223 Å². The van der Waals surface area contributed by atoms with Crippen LogP contribution in [0.2, 0.25) is 5.02 Å². The van der Waals surface area contributed by atoms with Gasteiger partial charge in [0.2, 0.25) is 5.91 Å². The molecular weight excluding hydrogens is 526 g/mol. The molecule has 0 unspecified atom stereocenters. The quantitative estimate of drug-likeness (QED) is 0.210. The second kappa shape index (κ2) is 9.66. The minimum absolute atomic E-state index is 0.132. The Hall–Kier alpha value is -4.67. The summed E-state index contributed by atoms with van der Waals surface area (Å²) in [5, 5.41) is 13.7. The number of hydrogen-bond acceptors (Lipinski definition) is 6. The Bertz CT molecular complexity index is 1900. The fraction of sp³-hybridized carbons (Fsp3) is 0.0370. The van der Waals surface area contributed by atoms with E-state index in [1.54, 1.807) is 41.7 Å². The van der Waals surface area contributed by atoms with Crippen LogP contribution in [0.4, 0.5) is 11.4 Å². The number of aromatic amines is 2. The molecule has 188 valence electrons. The summed E-state index contributed by atoms with van der Waals surface area (Å²) in [5.74, 6) is -1.19. The fourth-order valence-electron chi connectivity index (χ4n) is 4.28. The van der Waals surface area contributed by atoms with Crippen molar-refractivity contribution in [1.82, 2.24) is 15.1 Å². The van der Waals surface area contributed by atoms with Gasteiger partial charge in [0.25, 0.3) is 5.91 Å². The lowest BCUT2D eigenvalue weighted by atomic mass is 10.1. The molecule has 2 amide bonds. The van der Waals surface area contributed by atoms with Crippen molar-refractivity contribution in [2.24, 2.45) is 0 Å². The van der Waals surface area contributed by atoms with E-state index in [-0.39, 0.29) is 23.8 Å². The van der Waals surface area contributed by atoms with E-state index in [0.29, 0.717) is 27.5 Å². The van der Waals surface area contributed by atoms with Crippen molar-refractivity contribution in [3.8, 4) is 11.4 Å². The molecule has 0 saturated heterocycles. The van der Waals surface area contributed by atoms with E-state index in [1.807, 2.05) is 41.8 Å². The number of carbonyl (C=O) groups excluding carboxylic acids is 2. The van der Waals surface area contributed by atoms with Crippen LogP contribution in [0.15, 0.2) is 81.4 Å². The number of amides is 2. The number of para-hydroxylation sites is 1. The maximum Gasteiger partial charge on any atom is 0.439 e. The number of halogens is 1.